The first-order valence-corrected chi connectivity index (χ1v) is 8.33. The van der Waals surface area contributed by atoms with E-state index in [1.54, 1.807) is 11.3 Å². The van der Waals surface area contributed by atoms with Gasteiger partial charge >= 0.3 is 0 Å². The maximum Gasteiger partial charge on any atom is 0.123 e. The van der Waals surface area contributed by atoms with Crippen LogP contribution in [0.4, 0.5) is 0 Å². The summed E-state index contributed by atoms with van der Waals surface area (Å²) >= 11 is 8.03. The molecule has 0 saturated heterocycles. The molecule has 0 aliphatic rings. The second kappa shape index (κ2) is 6.82. The van der Waals surface area contributed by atoms with Gasteiger partial charge in [0.15, 0.2) is 0 Å². The highest BCUT2D eigenvalue weighted by Crippen LogP contribution is 2.32. The van der Waals surface area contributed by atoms with Gasteiger partial charge in [-0.25, -0.2) is 0 Å². The largest absolute Gasteiger partial charge is 0.489 e. The Morgan fingerprint density at radius 1 is 1.24 bits per heavy atom. The van der Waals surface area contributed by atoms with Crippen LogP contribution < -0.4 is 10.5 Å². The van der Waals surface area contributed by atoms with Gasteiger partial charge in [-0.1, -0.05) is 25.4 Å². The molecule has 1 aromatic carbocycles. The van der Waals surface area contributed by atoms with Crippen LogP contribution in [0, 0.1) is 13.8 Å². The van der Waals surface area contributed by atoms with Gasteiger partial charge in [-0.15, -0.1) is 11.3 Å². The van der Waals surface area contributed by atoms with Crippen molar-refractivity contribution in [1.29, 1.82) is 0 Å². The van der Waals surface area contributed by atoms with E-state index in [1.165, 1.54) is 15.3 Å². The molecule has 0 saturated carbocycles. The van der Waals surface area contributed by atoms with Gasteiger partial charge in [-0.05, 0) is 49.1 Å². The summed E-state index contributed by atoms with van der Waals surface area (Å²) in [5.41, 5.74) is 9.09. The number of aryl methyl sites for hydroxylation is 2. The van der Waals surface area contributed by atoms with E-state index in [1.807, 2.05) is 13.0 Å². The summed E-state index contributed by atoms with van der Waals surface area (Å²) in [6.45, 7) is 9.56. The summed E-state index contributed by atoms with van der Waals surface area (Å²) in [4.78, 5) is 2.47. The van der Waals surface area contributed by atoms with Crippen molar-refractivity contribution in [1.82, 2.24) is 0 Å². The average molecular weight is 324 g/mol. The fourth-order valence-electron chi connectivity index (χ4n) is 2.25. The molecule has 4 heteroatoms. The summed E-state index contributed by atoms with van der Waals surface area (Å²) in [7, 11) is 0. The molecule has 0 aliphatic carbocycles. The molecule has 0 bridgehead atoms. The van der Waals surface area contributed by atoms with Gasteiger partial charge in [0.05, 0.1) is 0 Å². The van der Waals surface area contributed by atoms with E-state index in [9.17, 15) is 0 Å². The van der Waals surface area contributed by atoms with Crippen LogP contribution in [-0.2, 0) is 13.2 Å². The van der Waals surface area contributed by atoms with Gasteiger partial charge in [0.25, 0.3) is 0 Å². The molecule has 0 spiro atoms. The SMILES string of the molecule is Cc1cc(Cl)c(C(C)C)cc1OCc1cc(CN)sc1C. The Labute approximate surface area is 135 Å². The highest BCUT2D eigenvalue weighted by atomic mass is 35.5. The van der Waals surface area contributed by atoms with Crippen molar-refractivity contribution in [3.05, 3.63) is 49.7 Å². The van der Waals surface area contributed by atoms with Crippen LogP contribution >= 0.6 is 22.9 Å². The second-order valence-electron chi connectivity index (χ2n) is 5.58. The lowest BCUT2D eigenvalue weighted by molar-refractivity contribution is 0.303. The minimum absolute atomic E-state index is 0.382. The van der Waals surface area contributed by atoms with Crippen LogP contribution in [0.3, 0.4) is 0 Å². The second-order valence-corrected chi connectivity index (χ2v) is 7.33. The van der Waals surface area contributed by atoms with Crippen LogP contribution in [-0.4, -0.2) is 0 Å². The van der Waals surface area contributed by atoms with Crippen molar-refractivity contribution in [2.45, 2.75) is 46.8 Å². The highest BCUT2D eigenvalue weighted by Gasteiger charge is 2.11. The summed E-state index contributed by atoms with van der Waals surface area (Å²) in [6, 6.07) is 6.18. The molecule has 0 fully saturated rings. The summed E-state index contributed by atoms with van der Waals surface area (Å²) in [6.07, 6.45) is 0. The van der Waals surface area contributed by atoms with Crippen molar-refractivity contribution < 1.29 is 4.74 Å². The molecule has 0 amide bonds. The Bertz CT molecular complexity index is 634. The number of benzene rings is 1. The van der Waals surface area contributed by atoms with E-state index in [0.29, 0.717) is 19.1 Å². The Balaban J connectivity index is 2.19. The average Bonchev–Trinajstić information content (AvgIpc) is 2.78. The minimum atomic E-state index is 0.382. The van der Waals surface area contributed by atoms with E-state index < -0.39 is 0 Å². The third-order valence-electron chi connectivity index (χ3n) is 3.57. The predicted molar refractivity (Wildman–Crippen MR) is 91.6 cm³/mol. The molecular formula is C17H22ClNOS. The van der Waals surface area contributed by atoms with Gasteiger partial charge in [0, 0.05) is 26.9 Å². The lowest BCUT2D eigenvalue weighted by Gasteiger charge is -2.14. The zero-order valence-corrected chi connectivity index (χ0v) is 14.6. The van der Waals surface area contributed by atoms with Crippen LogP contribution in [0.25, 0.3) is 0 Å². The molecule has 1 aromatic heterocycles. The van der Waals surface area contributed by atoms with E-state index >= 15 is 0 Å². The zero-order valence-electron chi connectivity index (χ0n) is 13.0. The molecular weight excluding hydrogens is 302 g/mol. The van der Waals surface area contributed by atoms with Crippen LogP contribution in [0.2, 0.25) is 5.02 Å². The number of hydrogen-bond acceptors (Lipinski definition) is 3. The van der Waals surface area contributed by atoms with Crippen molar-refractivity contribution in [3.8, 4) is 5.75 Å². The molecule has 2 aromatic rings. The number of thiophene rings is 1. The maximum absolute atomic E-state index is 6.29. The first-order chi connectivity index (χ1) is 9.92. The quantitative estimate of drug-likeness (QED) is 0.822. The monoisotopic (exact) mass is 323 g/mol. The van der Waals surface area contributed by atoms with Crippen LogP contribution in [0.5, 0.6) is 5.75 Å². The number of nitrogens with two attached hydrogens (primary N) is 1. The lowest BCUT2D eigenvalue weighted by Crippen LogP contribution is -2.00. The number of hydrogen-bond donors (Lipinski definition) is 1. The summed E-state index contributed by atoms with van der Waals surface area (Å²) in [5, 5.41) is 0.812. The fraction of sp³-hybridized carbons (Fsp3) is 0.412. The van der Waals surface area contributed by atoms with Gasteiger partial charge in [0.1, 0.15) is 12.4 Å². The summed E-state index contributed by atoms with van der Waals surface area (Å²) < 4.78 is 6.01. The maximum atomic E-state index is 6.29. The van der Waals surface area contributed by atoms with Crippen molar-refractivity contribution >= 4 is 22.9 Å². The first-order valence-electron chi connectivity index (χ1n) is 7.13. The normalized spacial score (nSPS) is 11.2. The van der Waals surface area contributed by atoms with Gasteiger partial charge in [-0.2, -0.15) is 0 Å². The highest BCUT2D eigenvalue weighted by molar-refractivity contribution is 7.12. The molecule has 2 rings (SSSR count). The molecule has 1 heterocycles. The smallest absolute Gasteiger partial charge is 0.123 e. The van der Waals surface area contributed by atoms with Gasteiger partial charge in [-0.3, -0.25) is 0 Å². The Kier molecular flexibility index (Phi) is 5.31. The lowest BCUT2D eigenvalue weighted by atomic mass is 10.0. The Morgan fingerprint density at radius 2 is 1.95 bits per heavy atom. The Morgan fingerprint density at radius 3 is 2.52 bits per heavy atom. The third-order valence-corrected chi connectivity index (χ3v) is 5.01. The molecule has 21 heavy (non-hydrogen) atoms. The van der Waals surface area contributed by atoms with E-state index in [2.05, 4.69) is 32.9 Å². The van der Waals surface area contributed by atoms with Crippen molar-refractivity contribution in [3.63, 3.8) is 0 Å². The molecule has 0 aliphatic heterocycles. The number of ether oxygens (including phenoxy) is 1. The van der Waals surface area contributed by atoms with Crippen LogP contribution in [0.15, 0.2) is 18.2 Å². The van der Waals surface area contributed by atoms with Gasteiger partial charge < -0.3 is 10.5 Å². The minimum Gasteiger partial charge on any atom is -0.489 e. The van der Waals surface area contributed by atoms with E-state index in [4.69, 9.17) is 22.1 Å². The Hall–Kier alpha value is -1.03. The zero-order chi connectivity index (χ0) is 15.6. The van der Waals surface area contributed by atoms with Crippen molar-refractivity contribution in [2.75, 3.05) is 0 Å². The standard InChI is InChI=1S/C17H22ClNOS/c1-10(2)15-7-17(11(3)5-16(15)18)20-9-13-6-14(8-19)21-12(13)4/h5-7,10H,8-9,19H2,1-4H3. The molecule has 0 radical (unpaired) electrons. The molecule has 114 valence electrons. The molecule has 2 N–H and O–H groups in total. The third kappa shape index (κ3) is 3.79. The molecule has 0 atom stereocenters. The van der Waals surface area contributed by atoms with Gasteiger partial charge in [0.2, 0.25) is 0 Å². The number of halogens is 1. The van der Waals surface area contributed by atoms with E-state index in [-0.39, 0.29) is 0 Å². The first kappa shape index (κ1) is 16.3. The fourth-order valence-corrected chi connectivity index (χ4v) is 3.62. The topological polar surface area (TPSA) is 35.2 Å². The van der Waals surface area contributed by atoms with Crippen molar-refractivity contribution in [2.24, 2.45) is 5.73 Å². The van der Waals surface area contributed by atoms with E-state index in [0.717, 1.165) is 21.9 Å². The van der Waals surface area contributed by atoms with Crippen LogP contribution in [0.1, 0.15) is 46.2 Å². The number of rotatable bonds is 5. The predicted octanol–water partition coefficient (Wildman–Crippen LogP) is 5.18. The molecule has 2 nitrogen and oxygen atoms in total. The molecule has 0 unspecified atom stereocenters. The summed E-state index contributed by atoms with van der Waals surface area (Å²) in [5.74, 6) is 1.29.